The molecule has 0 atom stereocenters. The van der Waals surface area contributed by atoms with Crippen LogP contribution in [0.4, 0.5) is 0 Å². The predicted molar refractivity (Wildman–Crippen MR) is 104 cm³/mol. The van der Waals surface area contributed by atoms with Crippen LogP contribution >= 0.6 is 0 Å². The molecule has 142 valence electrons. The van der Waals surface area contributed by atoms with Crippen LogP contribution in [0.25, 0.3) is 0 Å². The lowest BCUT2D eigenvalue weighted by Gasteiger charge is -2.24. The molecule has 0 aromatic heterocycles. The van der Waals surface area contributed by atoms with E-state index in [1.165, 1.54) is 16.7 Å². The maximum absolute atomic E-state index is 12.3. The number of carboxylic acid groups (broad SMARTS) is 1. The fraction of sp³-hybridized carbons (Fsp3) is 0.391. The van der Waals surface area contributed by atoms with Crippen molar-refractivity contribution in [3.63, 3.8) is 0 Å². The van der Waals surface area contributed by atoms with Gasteiger partial charge in [-0.15, -0.1) is 0 Å². The SMILES string of the molecule is CC(Cc1ccc(OC(=O)C2CCC(C(=O)O)CC2)cc1)=C1C=CC=CC1. The summed E-state index contributed by atoms with van der Waals surface area (Å²) >= 11 is 0. The Labute approximate surface area is 160 Å². The van der Waals surface area contributed by atoms with Gasteiger partial charge >= 0.3 is 11.9 Å². The van der Waals surface area contributed by atoms with Crippen LogP contribution in [0.2, 0.25) is 0 Å². The monoisotopic (exact) mass is 366 g/mol. The Hall–Kier alpha value is -2.62. The van der Waals surface area contributed by atoms with Gasteiger partial charge < -0.3 is 9.84 Å². The number of benzene rings is 1. The van der Waals surface area contributed by atoms with Gasteiger partial charge in [-0.2, -0.15) is 0 Å². The highest BCUT2D eigenvalue weighted by atomic mass is 16.5. The van der Waals surface area contributed by atoms with E-state index in [9.17, 15) is 9.59 Å². The van der Waals surface area contributed by atoms with Crippen molar-refractivity contribution in [2.45, 2.75) is 45.4 Å². The summed E-state index contributed by atoms with van der Waals surface area (Å²) in [7, 11) is 0. The molecule has 0 saturated heterocycles. The third kappa shape index (κ3) is 5.19. The normalized spacial score (nSPS) is 23.7. The largest absolute Gasteiger partial charge is 0.481 e. The van der Waals surface area contributed by atoms with Crippen LogP contribution in [-0.4, -0.2) is 17.0 Å². The van der Waals surface area contributed by atoms with Gasteiger partial charge in [-0.25, -0.2) is 0 Å². The summed E-state index contributed by atoms with van der Waals surface area (Å²) < 4.78 is 5.51. The molecule has 1 aromatic carbocycles. The highest BCUT2D eigenvalue weighted by Gasteiger charge is 2.30. The van der Waals surface area contributed by atoms with Crippen molar-refractivity contribution in [1.29, 1.82) is 0 Å². The summed E-state index contributed by atoms with van der Waals surface area (Å²) in [6.45, 7) is 2.15. The first-order chi connectivity index (χ1) is 13.0. The van der Waals surface area contributed by atoms with E-state index in [0.29, 0.717) is 31.4 Å². The number of aliphatic carboxylic acids is 1. The minimum atomic E-state index is -0.762. The first-order valence-electron chi connectivity index (χ1n) is 9.58. The van der Waals surface area contributed by atoms with Crippen LogP contribution in [-0.2, 0) is 16.0 Å². The first kappa shape index (κ1) is 19.2. The van der Waals surface area contributed by atoms with Gasteiger partial charge in [0.1, 0.15) is 5.75 Å². The topological polar surface area (TPSA) is 63.6 Å². The predicted octanol–water partition coefficient (Wildman–Crippen LogP) is 4.86. The van der Waals surface area contributed by atoms with E-state index in [1.807, 2.05) is 24.3 Å². The zero-order valence-corrected chi connectivity index (χ0v) is 15.7. The van der Waals surface area contributed by atoms with Crippen LogP contribution in [0.5, 0.6) is 5.75 Å². The molecule has 1 N–H and O–H groups in total. The molecule has 0 heterocycles. The maximum Gasteiger partial charge on any atom is 0.314 e. The molecule has 2 aliphatic carbocycles. The molecule has 4 nitrogen and oxygen atoms in total. The van der Waals surface area contributed by atoms with Crippen LogP contribution in [0, 0.1) is 11.8 Å². The Bertz CT molecular complexity index is 775. The first-order valence-corrected chi connectivity index (χ1v) is 9.58. The standard InChI is InChI=1S/C23H26O4/c1-16(18-5-3-2-4-6-18)15-17-7-13-21(14-8-17)27-23(26)20-11-9-19(10-12-20)22(24)25/h2-5,7-8,13-14,19-20H,6,9-12,15H2,1H3,(H,24,25). The maximum atomic E-state index is 12.3. The van der Waals surface area contributed by atoms with E-state index >= 15 is 0 Å². The molecule has 4 heteroatoms. The van der Waals surface area contributed by atoms with Crippen molar-refractivity contribution in [2.24, 2.45) is 11.8 Å². The van der Waals surface area contributed by atoms with Crippen molar-refractivity contribution in [2.75, 3.05) is 0 Å². The van der Waals surface area contributed by atoms with Gasteiger partial charge in [0, 0.05) is 0 Å². The van der Waals surface area contributed by atoms with E-state index in [2.05, 4.69) is 31.2 Å². The molecule has 0 unspecified atom stereocenters. The molecule has 0 radical (unpaired) electrons. The highest BCUT2D eigenvalue weighted by Crippen LogP contribution is 2.30. The third-order valence-corrected chi connectivity index (χ3v) is 5.45. The Morgan fingerprint density at radius 2 is 1.70 bits per heavy atom. The molecule has 27 heavy (non-hydrogen) atoms. The van der Waals surface area contributed by atoms with Crippen LogP contribution in [0.1, 0.15) is 44.6 Å². The second-order valence-corrected chi connectivity index (χ2v) is 7.43. The molecule has 1 fully saturated rings. The fourth-order valence-electron chi connectivity index (χ4n) is 3.70. The zero-order valence-electron chi connectivity index (χ0n) is 15.7. The van der Waals surface area contributed by atoms with Gasteiger partial charge in [-0.3, -0.25) is 9.59 Å². The fourth-order valence-corrected chi connectivity index (χ4v) is 3.70. The van der Waals surface area contributed by atoms with E-state index in [-0.39, 0.29) is 17.8 Å². The average Bonchev–Trinajstić information content (AvgIpc) is 2.70. The second-order valence-electron chi connectivity index (χ2n) is 7.43. The summed E-state index contributed by atoms with van der Waals surface area (Å²) in [4.78, 5) is 23.3. The third-order valence-electron chi connectivity index (χ3n) is 5.45. The lowest BCUT2D eigenvalue weighted by Crippen LogP contribution is -2.28. The second kappa shape index (κ2) is 8.85. The minimum Gasteiger partial charge on any atom is -0.481 e. The number of rotatable bonds is 5. The number of hydrogen-bond donors (Lipinski definition) is 1. The quantitative estimate of drug-likeness (QED) is 0.597. The number of ether oxygens (including phenoxy) is 1. The summed E-state index contributed by atoms with van der Waals surface area (Å²) in [5.41, 5.74) is 3.88. The molecule has 1 saturated carbocycles. The van der Waals surface area contributed by atoms with Crippen molar-refractivity contribution in [3.05, 3.63) is 65.3 Å². The molecule has 0 aliphatic heterocycles. The van der Waals surface area contributed by atoms with Gasteiger partial charge in [-0.05, 0) is 68.7 Å². The van der Waals surface area contributed by atoms with Crippen molar-refractivity contribution in [1.82, 2.24) is 0 Å². The van der Waals surface area contributed by atoms with Gasteiger partial charge in [0.2, 0.25) is 0 Å². The molecule has 0 spiro atoms. The van der Waals surface area contributed by atoms with Crippen LogP contribution in [0.15, 0.2) is 59.7 Å². The Balaban J connectivity index is 1.53. The molecule has 3 rings (SSSR count). The van der Waals surface area contributed by atoms with Crippen molar-refractivity contribution < 1.29 is 19.4 Å². The number of allylic oxidation sites excluding steroid dienone is 6. The van der Waals surface area contributed by atoms with E-state index < -0.39 is 5.97 Å². The van der Waals surface area contributed by atoms with Crippen LogP contribution in [0.3, 0.4) is 0 Å². The molecular formula is C23H26O4. The molecule has 1 aromatic rings. The highest BCUT2D eigenvalue weighted by molar-refractivity contribution is 5.76. The van der Waals surface area contributed by atoms with Gasteiger partial charge in [0.25, 0.3) is 0 Å². The lowest BCUT2D eigenvalue weighted by atomic mass is 9.82. The van der Waals surface area contributed by atoms with Crippen molar-refractivity contribution >= 4 is 11.9 Å². The van der Waals surface area contributed by atoms with Gasteiger partial charge in [-0.1, -0.05) is 42.0 Å². The zero-order chi connectivity index (χ0) is 19.2. The van der Waals surface area contributed by atoms with E-state index in [0.717, 1.165) is 12.8 Å². The number of esters is 1. The van der Waals surface area contributed by atoms with Gasteiger partial charge in [0.05, 0.1) is 11.8 Å². The number of carbonyl (C=O) groups excluding carboxylic acids is 1. The van der Waals surface area contributed by atoms with E-state index in [4.69, 9.17) is 9.84 Å². The lowest BCUT2D eigenvalue weighted by molar-refractivity contribution is -0.146. The Morgan fingerprint density at radius 1 is 1.04 bits per heavy atom. The summed E-state index contributed by atoms with van der Waals surface area (Å²) in [6.07, 6.45) is 12.6. The molecule has 0 bridgehead atoms. The smallest absolute Gasteiger partial charge is 0.314 e. The Morgan fingerprint density at radius 3 is 2.30 bits per heavy atom. The number of carboxylic acids is 1. The number of carbonyl (C=O) groups is 2. The van der Waals surface area contributed by atoms with E-state index in [1.54, 1.807) is 0 Å². The summed E-state index contributed by atoms with van der Waals surface area (Å²) in [5.74, 6) is -0.972. The number of hydrogen-bond acceptors (Lipinski definition) is 3. The van der Waals surface area contributed by atoms with Gasteiger partial charge in [0.15, 0.2) is 0 Å². The minimum absolute atomic E-state index is 0.196. The molecule has 2 aliphatic rings. The molecule has 0 amide bonds. The Kier molecular flexibility index (Phi) is 6.28. The average molecular weight is 366 g/mol. The molecular weight excluding hydrogens is 340 g/mol. The van der Waals surface area contributed by atoms with Crippen molar-refractivity contribution in [3.8, 4) is 5.75 Å². The summed E-state index contributed by atoms with van der Waals surface area (Å²) in [5, 5.41) is 9.04. The summed E-state index contributed by atoms with van der Waals surface area (Å²) in [6, 6.07) is 7.67. The van der Waals surface area contributed by atoms with Crippen LogP contribution < -0.4 is 4.74 Å².